The summed E-state index contributed by atoms with van der Waals surface area (Å²) in [6.45, 7) is 0. The van der Waals surface area contributed by atoms with E-state index < -0.39 is 6.09 Å². The normalized spacial score (nSPS) is 10.2. The summed E-state index contributed by atoms with van der Waals surface area (Å²) in [7, 11) is 3.05. The van der Waals surface area contributed by atoms with E-state index in [0.717, 1.165) is 0 Å². The summed E-state index contributed by atoms with van der Waals surface area (Å²) in [6, 6.07) is 4.93. The lowest BCUT2D eigenvalue weighted by Gasteiger charge is -2.03. The molecule has 0 atom stereocenters. The number of hydrogen-bond acceptors (Lipinski definition) is 5. The van der Waals surface area contributed by atoms with Crippen molar-refractivity contribution in [2.45, 2.75) is 0 Å². The van der Waals surface area contributed by atoms with Gasteiger partial charge in [0.1, 0.15) is 5.75 Å². The monoisotopic (exact) mass is 237 g/mol. The van der Waals surface area contributed by atoms with Crippen LogP contribution in [0.1, 0.15) is 0 Å². The molecule has 0 bridgehead atoms. The quantitative estimate of drug-likeness (QED) is 0.881. The Hall–Kier alpha value is -2.37. The van der Waals surface area contributed by atoms with Crippen molar-refractivity contribution in [2.75, 3.05) is 14.2 Å². The van der Waals surface area contributed by atoms with Crippen LogP contribution < -0.4 is 19.9 Å². The predicted octanol–water partition coefficient (Wildman–Crippen LogP) is 1.91. The lowest BCUT2D eigenvalue weighted by atomic mass is 10.2. The van der Waals surface area contributed by atoms with Gasteiger partial charge in [0.05, 0.1) is 14.2 Å². The van der Waals surface area contributed by atoms with Gasteiger partial charge < -0.3 is 24.4 Å². The molecule has 0 spiro atoms. The number of benzene rings is 1. The van der Waals surface area contributed by atoms with Crippen molar-refractivity contribution in [1.82, 2.24) is 0 Å². The van der Waals surface area contributed by atoms with Crippen LogP contribution in [0, 0.1) is 0 Å². The third-order valence-electron chi connectivity index (χ3n) is 2.19. The molecule has 6 heteroatoms. The number of rotatable bonds is 3. The minimum Gasteiger partial charge on any atom is -0.497 e. The molecule has 0 aliphatic carbocycles. The zero-order valence-electron chi connectivity index (χ0n) is 9.35. The zero-order valence-corrected chi connectivity index (χ0v) is 9.35. The summed E-state index contributed by atoms with van der Waals surface area (Å²) >= 11 is 0. The number of ether oxygens (including phenoxy) is 3. The van der Waals surface area contributed by atoms with E-state index in [0.29, 0.717) is 22.5 Å². The molecule has 2 rings (SSSR count). The minimum atomic E-state index is -0.935. The Morgan fingerprint density at radius 2 is 2.00 bits per heavy atom. The average molecular weight is 237 g/mol. The second-order valence-corrected chi connectivity index (χ2v) is 3.23. The molecule has 0 unspecified atom stereocenters. The van der Waals surface area contributed by atoms with Crippen LogP contribution in [0.15, 0.2) is 22.6 Å². The van der Waals surface area contributed by atoms with E-state index in [1.165, 1.54) is 13.2 Å². The molecular weight excluding hydrogens is 226 g/mol. The fourth-order valence-corrected chi connectivity index (χ4v) is 1.49. The maximum absolute atomic E-state index is 10.6. The van der Waals surface area contributed by atoms with Gasteiger partial charge in [-0.05, 0) is 6.07 Å². The Morgan fingerprint density at radius 1 is 1.24 bits per heavy atom. The first-order valence-corrected chi connectivity index (χ1v) is 4.77. The van der Waals surface area contributed by atoms with E-state index in [4.69, 9.17) is 19.6 Å². The van der Waals surface area contributed by atoms with Crippen molar-refractivity contribution in [3.63, 3.8) is 0 Å². The molecule has 1 heterocycles. The van der Waals surface area contributed by atoms with E-state index in [1.807, 2.05) is 0 Å². The average Bonchev–Trinajstić information content (AvgIpc) is 2.68. The summed E-state index contributed by atoms with van der Waals surface area (Å²) in [6.07, 6.45) is -0.935. The van der Waals surface area contributed by atoms with Crippen molar-refractivity contribution in [2.24, 2.45) is 5.73 Å². The molecular formula is C11H11NO5. The molecule has 90 valence electrons. The third-order valence-corrected chi connectivity index (χ3v) is 2.19. The Kier molecular flexibility index (Phi) is 2.78. The Labute approximate surface area is 96.8 Å². The fourth-order valence-electron chi connectivity index (χ4n) is 1.49. The van der Waals surface area contributed by atoms with Gasteiger partial charge in [-0.2, -0.15) is 0 Å². The number of carbonyl (C=O) groups excluding carboxylic acids is 1. The molecule has 2 N–H and O–H groups in total. The van der Waals surface area contributed by atoms with Crippen molar-refractivity contribution in [3.8, 4) is 17.4 Å². The third kappa shape index (κ3) is 2.10. The highest BCUT2D eigenvalue weighted by molar-refractivity contribution is 5.86. The van der Waals surface area contributed by atoms with Crippen LogP contribution in [0.3, 0.4) is 0 Å². The first kappa shape index (κ1) is 11.1. The first-order chi connectivity index (χ1) is 8.13. The van der Waals surface area contributed by atoms with Crippen molar-refractivity contribution < 1.29 is 23.4 Å². The van der Waals surface area contributed by atoms with Gasteiger partial charge in [-0.15, -0.1) is 0 Å². The molecule has 2 aromatic rings. The summed E-state index contributed by atoms with van der Waals surface area (Å²) in [5.74, 6) is 1.11. The topological polar surface area (TPSA) is 83.9 Å². The van der Waals surface area contributed by atoms with E-state index >= 15 is 0 Å². The van der Waals surface area contributed by atoms with Crippen LogP contribution in [-0.2, 0) is 0 Å². The number of hydrogen-bond donors (Lipinski definition) is 1. The van der Waals surface area contributed by atoms with Gasteiger partial charge in [-0.25, -0.2) is 4.79 Å². The number of primary amides is 1. The Balaban J connectivity index is 2.54. The van der Waals surface area contributed by atoms with Gasteiger partial charge in [-0.1, -0.05) is 0 Å². The number of methoxy groups -OCH3 is 2. The summed E-state index contributed by atoms with van der Waals surface area (Å²) < 4.78 is 20.2. The minimum absolute atomic E-state index is 0.0130. The lowest BCUT2D eigenvalue weighted by Crippen LogP contribution is -2.15. The molecule has 6 nitrogen and oxygen atoms in total. The number of amides is 1. The van der Waals surface area contributed by atoms with Gasteiger partial charge in [0.2, 0.25) is 0 Å². The second-order valence-electron chi connectivity index (χ2n) is 3.23. The van der Waals surface area contributed by atoms with E-state index in [1.54, 1.807) is 19.2 Å². The van der Waals surface area contributed by atoms with Crippen LogP contribution in [0.5, 0.6) is 17.4 Å². The van der Waals surface area contributed by atoms with Crippen LogP contribution in [0.4, 0.5) is 4.79 Å². The lowest BCUT2D eigenvalue weighted by molar-refractivity contribution is 0.199. The molecule has 0 aliphatic rings. The predicted molar refractivity (Wildman–Crippen MR) is 59.5 cm³/mol. The van der Waals surface area contributed by atoms with Crippen molar-refractivity contribution in [3.05, 3.63) is 18.2 Å². The van der Waals surface area contributed by atoms with Gasteiger partial charge in [0.15, 0.2) is 11.3 Å². The fraction of sp³-hybridized carbons (Fsp3) is 0.182. The van der Waals surface area contributed by atoms with E-state index in [-0.39, 0.29) is 5.95 Å². The Bertz CT molecular complexity index is 560. The molecule has 1 aromatic carbocycles. The number of fused-ring (bicyclic) bond motifs is 1. The van der Waals surface area contributed by atoms with Crippen LogP contribution >= 0.6 is 0 Å². The molecule has 1 aromatic heterocycles. The largest absolute Gasteiger partial charge is 0.497 e. The van der Waals surface area contributed by atoms with E-state index in [9.17, 15) is 4.79 Å². The van der Waals surface area contributed by atoms with Gasteiger partial charge in [-0.3, -0.25) is 0 Å². The molecule has 0 fully saturated rings. The van der Waals surface area contributed by atoms with Crippen molar-refractivity contribution in [1.29, 1.82) is 0 Å². The molecule has 17 heavy (non-hydrogen) atoms. The first-order valence-electron chi connectivity index (χ1n) is 4.77. The highest BCUT2D eigenvalue weighted by atomic mass is 16.6. The summed E-state index contributed by atoms with van der Waals surface area (Å²) in [5.41, 5.74) is 5.36. The highest BCUT2D eigenvalue weighted by Gasteiger charge is 2.13. The van der Waals surface area contributed by atoms with Crippen molar-refractivity contribution >= 4 is 17.1 Å². The van der Waals surface area contributed by atoms with Crippen LogP contribution in [0.2, 0.25) is 0 Å². The highest BCUT2D eigenvalue weighted by Crippen LogP contribution is 2.35. The van der Waals surface area contributed by atoms with Gasteiger partial charge in [0.25, 0.3) is 5.95 Å². The van der Waals surface area contributed by atoms with E-state index in [2.05, 4.69) is 4.74 Å². The molecule has 1 amide bonds. The number of nitrogens with two attached hydrogens (primary N) is 1. The van der Waals surface area contributed by atoms with Gasteiger partial charge >= 0.3 is 6.09 Å². The van der Waals surface area contributed by atoms with Gasteiger partial charge in [0, 0.05) is 17.5 Å². The maximum atomic E-state index is 10.6. The SMILES string of the molecule is COc1cc(OC)c2oc(OC(N)=O)cc2c1. The molecule has 0 saturated heterocycles. The maximum Gasteiger partial charge on any atom is 0.412 e. The summed E-state index contributed by atoms with van der Waals surface area (Å²) in [5, 5.41) is 0.692. The molecule has 0 aliphatic heterocycles. The van der Waals surface area contributed by atoms with Crippen LogP contribution in [-0.4, -0.2) is 20.3 Å². The molecule has 0 radical (unpaired) electrons. The second kappa shape index (κ2) is 4.25. The smallest absolute Gasteiger partial charge is 0.412 e. The van der Waals surface area contributed by atoms with Crippen LogP contribution in [0.25, 0.3) is 11.0 Å². The number of furan rings is 1. The molecule has 0 saturated carbocycles. The summed E-state index contributed by atoms with van der Waals surface area (Å²) in [4.78, 5) is 10.6. The Morgan fingerprint density at radius 3 is 2.59 bits per heavy atom. The zero-order chi connectivity index (χ0) is 12.4. The standard InChI is InChI=1S/C11H11NO5/c1-14-7-3-6-4-9(17-11(12)13)16-10(6)8(5-7)15-2/h3-5H,1-2H3,(H2,12,13). The number of carbonyl (C=O) groups is 1.